The Labute approximate surface area is 125 Å². The second kappa shape index (κ2) is 4.70. The van der Waals surface area contributed by atoms with Gasteiger partial charge in [-0.1, -0.05) is 68.8 Å². The molecule has 122 valence electrons. The number of halogens is 5. The van der Waals surface area contributed by atoms with E-state index in [2.05, 4.69) is 0 Å². The Kier molecular flexibility index (Phi) is 3.58. The molecule has 0 unspecified atom stereocenters. The van der Waals surface area contributed by atoms with Crippen LogP contribution in [-0.2, 0) is 0 Å². The lowest BCUT2D eigenvalue weighted by Crippen LogP contribution is -2.09. The van der Waals surface area contributed by atoms with Crippen molar-refractivity contribution in [2.75, 3.05) is 0 Å². The van der Waals surface area contributed by atoms with E-state index < -0.39 is 27.1 Å². The molecule has 0 amide bonds. The van der Waals surface area contributed by atoms with Gasteiger partial charge in [-0.2, -0.15) is 0 Å². The Morgan fingerprint density at radius 2 is 1.27 bits per heavy atom. The van der Waals surface area contributed by atoms with Crippen LogP contribution in [0.3, 0.4) is 0 Å². The molecule has 2 atom stereocenters. The summed E-state index contributed by atoms with van der Waals surface area (Å²) in [6.45, 7) is 1.62. The maximum absolute atomic E-state index is 12.7. The first-order valence-electron chi connectivity index (χ1n) is 6.45. The molecule has 0 aliphatic rings. The van der Waals surface area contributed by atoms with Crippen LogP contribution in [0.15, 0.2) is 59.5 Å². The number of aliphatic hydroxyl groups excluding tert-OH is 1. The number of hydrogen-bond acceptors (Lipinski definition) is 1. The lowest BCUT2D eigenvalue weighted by Gasteiger charge is -2.40. The first-order valence-corrected chi connectivity index (χ1v) is 8.41. The molecule has 22 heavy (non-hydrogen) atoms. The highest BCUT2D eigenvalue weighted by molar-refractivity contribution is 8.45. The summed E-state index contributed by atoms with van der Waals surface area (Å²) in [6, 6.07) is 11.3. The maximum atomic E-state index is 12.7. The number of aliphatic hydroxyl groups is 1. The molecule has 7 heteroatoms. The van der Waals surface area contributed by atoms with E-state index in [1.807, 2.05) is 0 Å². The van der Waals surface area contributed by atoms with Gasteiger partial charge in [0.1, 0.15) is 4.90 Å². The minimum absolute atomic E-state index is 0.349. The van der Waals surface area contributed by atoms with E-state index in [0.717, 1.165) is 12.1 Å². The molecular weight excluding hydrogens is 323 g/mol. The van der Waals surface area contributed by atoms with Crippen LogP contribution in [0.1, 0.15) is 30.1 Å². The Balaban J connectivity index is 2.28. The van der Waals surface area contributed by atoms with Crippen LogP contribution in [0.5, 0.6) is 0 Å². The molecule has 1 N–H and O–H groups in total. The number of hydrogen-bond donors (Lipinski definition) is 1. The molecule has 0 aromatic heterocycles. The van der Waals surface area contributed by atoms with Gasteiger partial charge in [0, 0.05) is 5.92 Å². The van der Waals surface area contributed by atoms with Crippen molar-refractivity contribution in [1.29, 1.82) is 0 Å². The van der Waals surface area contributed by atoms with Crippen molar-refractivity contribution < 1.29 is 24.5 Å². The smallest absolute Gasteiger partial charge is 0.310 e. The lowest BCUT2D eigenvalue weighted by molar-refractivity contribution is 0.151. The summed E-state index contributed by atoms with van der Waals surface area (Å²) in [5.41, 5.74) is 0.953. The summed E-state index contributed by atoms with van der Waals surface area (Å²) in [5.74, 6) is -0.532. The zero-order valence-electron chi connectivity index (χ0n) is 11.6. The third-order valence-corrected chi connectivity index (χ3v) is 4.63. The van der Waals surface area contributed by atoms with Crippen molar-refractivity contribution in [2.24, 2.45) is 0 Å². The molecular formula is C15H15F5OS. The van der Waals surface area contributed by atoms with Gasteiger partial charge in [-0.3, -0.25) is 0 Å². The first-order chi connectivity index (χ1) is 9.88. The largest absolute Gasteiger partial charge is 0.388 e. The highest BCUT2D eigenvalue weighted by atomic mass is 32.5. The monoisotopic (exact) mass is 338 g/mol. The van der Waals surface area contributed by atoms with Gasteiger partial charge in [-0.25, -0.2) is 0 Å². The average molecular weight is 338 g/mol. The van der Waals surface area contributed by atoms with Gasteiger partial charge < -0.3 is 5.11 Å². The zero-order chi connectivity index (χ0) is 16.7. The topological polar surface area (TPSA) is 20.2 Å². The molecule has 0 saturated heterocycles. The fourth-order valence-corrected chi connectivity index (χ4v) is 2.80. The van der Waals surface area contributed by atoms with Crippen LogP contribution in [0.4, 0.5) is 19.4 Å². The Morgan fingerprint density at radius 3 is 1.73 bits per heavy atom. The molecule has 0 heterocycles. The summed E-state index contributed by atoms with van der Waals surface area (Å²) in [7, 11) is -9.65. The van der Waals surface area contributed by atoms with E-state index in [1.54, 1.807) is 37.3 Å². The van der Waals surface area contributed by atoms with Gasteiger partial charge in [0.2, 0.25) is 0 Å². The molecule has 0 aliphatic heterocycles. The van der Waals surface area contributed by atoms with E-state index in [0.29, 0.717) is 23.3 Å². The quantitative estimate of drug-likeness (QED) is 0.660. The van der Waals surface area contributed by atoms with Gasteiger partial charge in [-0.05, 0) is 23.3 Å². The van der Waals surface area contributed by atoms with E-state index in [9.17, 15) is 24.5 Å². The summed E-state index contributed by atoms with van der Waals surface area (Å²) >= 11 is 0. The molecule has 2 aromatic rings. The normalized spacial score (nSPS) is 18.1. The molecule has 1 nitrogen and oxygen atoms in total. The summed E-state index contributed by atoms with van der Waals surface area (Å²) in [6.07, 6.45) is -0.938. The highest BCUT2D eigenvalue weighted by Crippen LogP contribution is 3.02. The molecule has 0 aliphatic carbocycles. The van der Waals surface area contributed by atoms with Crippen molar-refractivity contribution >= 4 is 10.2 Å². The fraction of sp³-hybridized carbons (Fsp3) is 0.200. The van der Waals surface area contributed by atoms with Crippen molar-refractivity contribution in [3.05, 3.63) is 65.7 Å². The Bertz CT molecular complexity index is 652. The maximum Gasteiger partial charge on any atom is 0.310 e. The highest BCUT2D eigenvalue weighted by Gasteiger charge is 2.65. The molecule has 0 fully saturated rings. The predicted octanol–water partition coefficient (Wildman–Crippen LogP) is 6.18. The number of rotatable bonds is 4. The van der Waals surface area contributed by atoms with Crippen molar-refractivity contribution in [1.82, 2.24) is 0 Å². The molecule has 2 rings (SSSR count). The fourth-order valence-electron chi connectivity index (χ4n) is 2.15. The van der Waals surface area contributed by atoms with Crippen LogP contribution in [-0.4, -0.2) is 5.11 Å². The number of benzene rings is 2. The van der Waals surface area contributed by atoms with Gasteiger partial charge in [0.25, 0.3) is 0 Å². The van der Waals surface area contributed by atoms with Crippen molar-refractivity contribution in [3.63, 3.8) is 0 Å². The second-order valence-corrected chi connectivity index (χ2v) is 7.59. The first kappa shape index (κ1) is 16.8. The lowest BCUT2D eigenvalue weighted by atomic mass is 9.91. The SMILES string of the molecule is C[C@H](c1ccc(S(F)(F)(F)(F)F)cc1)[C@H](O)c1ccccc1. The molecule has 0 spiro atoms. The summed E-state index contributed by atoms with van der Waals surface area (Å²) < 4.78 is 63.3. The third kappa shape index (κ3) is 3.78. The Morgan fingerprint density at radius 1 is 0.773 bits per heavy atom. The minimum atomic E-state index is -9.65. The van der Waals surface area contributed by atoms with Gasteiger partial charge in [-0.15, -0.1) is 0 Å². The predicted molar refractivity (Wildman–Crippen MR) is 77.7 cm³/mol. The molecule has 0 bridgehead atoms. The standard InChI is InChI=1S/C15H15F5OS/c1-11(15(21)13-5-3-2-4-6-13)12-7-9-14(10-8-12)22(16,17,18,19)20/h2-11,15,21H,1H3/t11-,15+/m1/s1. The molecule has 0 radical (unpaired) electrons. The average Bonchev–Trinajstić information content (AvgIpc) is 2.44. The van der Waals surface area contributed by atoms with E-state index in [-0.39, 0.29) is 0 Å². The second-order valence-electron chi connectivity index (χ2n) is 5.18. The van der Waals surface area contributed by atoms with Crippen LogP contribution in [0.2, 0.25) is 0 Å². The van der Waals surface area contributed by atoms with Crippen LogP contribution >= 0.6 is 10.2 Å². The van der Waals surface area contributed by atoms with E-state index in [1.165, 1.54) is 0 Å². The minimum Gasteiger partial charge on any atom is -0.388 e. The van der Waals surface area contributed by atoms with Gasteiger partial charge >= 0.3 is 10.2 Å². The van der Waals surface area contributed by atoms with Crippen molar-refractivity contribution in [2.45, 2.75) is 23.8 Å². The van der Waals surface area contributed by atoms with E-state index in [4.69, 9.17) is 0 Å². The zero-order valence-corrected chi connectivity index (χ0v) is 12.4. The van der Waals surface area contributed by atoms with Crippen LogP contribution in [0, 0.1) is 0 Å². The molecule has 2 aromatic carbocycles. The summed E-state index contributed by atoms with van der Waals surface area (Å²) in [4.78, 5) is -1.93. The van der Waals surface area contributed by atoms with Crippen molar-refractivity contribution in [3.8, 4) is 0 Å². The van der Waals surface area contributed by atoms with Crippen LogP contribution < -0.4 is 0 Å². The third-order valence-electron chi connectivity index (χ3n) is 3.47. The van der Waals surface area contributed by atoms with Gasteiger partial charge in [0.05, 0.1) is 6.10 Å². The Hall–Kier alpha value is -1.60. The molecule has 0 saturated carbocycles. The van der Waals surface area contributed by atoms with Crippen LogP contribution in [0.25, 0.3) is 0 Å². The van der Waals surface area contributed by atoms with Gasteiger partial charge in [0.15, 0.2) is 0 Å². The van der Waals surface area contributed by atoms with E-state index >= 15 is 0 Å². The summed E-state index contributed by atoms with van der Waals surface area (Å²) in [5, 5.41) is 10.2.